The fourth-order valence-electron chi connectivity index (χ4n) is 3.87. The zero-order valence-corrected chi connectivity index (χ0v) is 16.8. The van der Waals surface area contributed by atoms with Crippen molar-refractivity contribution in [3.63, 3.8) is 0 Å². The molecule has 27 heavy (non-hydrogen) atoms. The van der Waals surface area contributed by atoms with E-state index in [9.17, 15) is 4.79 Å². The topological polar surface area (TPSA) is 59.8 Å². The Morgan fingerprint density at radius 3 is 2.67 bits per heavy atom. The van der Waals surface area contributed by atoms with Crippen LogP contribution in [0.2, 0.25) is 0 Å². The molecule has 1 amide bonds. The summed E-state index contributed by atoms with van der Waals surface area (Å²) in [6, 6.07) is 10.7. The molecule has 0 unspecified atom stereocenters. The van der Waals surface area contributed by atoms with E-state index in [4.69, 9.17) is 0 Å². The van der Waals surface area contributed by atoms with E-state index in [0.29, 0.717) is 23.6 Å². The summed E-state index contributed by atoms with van der Waals surface area (Å²) < 4.78 is 2.20. The number of nitrogens with zero attached hydrogens (tertiary/aromatic N) is 3. The Kier molecular flexibility index (Phi) is 5.81. The van der Waals surface area contributed by atoms with E-state index in [1.54, 1.807) is 0 Å². The van der Waals surface area contributed by atoms with Gasteiger partial charge < -0.3 is 9.88 Å². The Bertz CT molecular complexity index is 772. The van der Waals surface area contributed by atoms with Crippen LogP contribution >= 0.6 is 11.8 Å². The van der Waals surface area contributed by atoms with Gasteiger partial charge in [0.1, 0.15) is 5.82 Å². The Morgan fingerprint density at radius 1 is 1.15 bits per heavy atom. The minimum absolute atomic E-state index is 0.112. The van der Waals surface area contributed by atoms with Crippen LogP contribution in [-0.4, -0.2) is 32.5 Å². The summed E-state index contributed by atoms with van der Waals surface area (Å²) in [5.41, 5.74) is 1.24. The highest BCUT2D eigenvalue weighted by Gasteiger charge is 2.30. The molecule has 0 bridgehead atoms. The predicted octanol–water partition coefficient (Wildman–Crippen LogP) is 3.99. The lowest BCUT2D eigenvalue weighted by atomic mass is 9.86. The van der Waals surface area contributed by atoms with E-state index < -0.39 is 0 Å². The van der Waals surface area contributed by atoms with E-state index in [0.717, 1.165) is 23.9 Å². The zero-order valence-electron chi connectivity index (χ0n) is 15.9. The van der Waals surface area contributed by atoms with Gasteiger partial charge in [0.2, 0.25) is 5.91 Å². The lowest BCUT2D eigenvalue weighted by Gasteiger charge is -2.29. The van der Waals surface area contributed by atoms with Crippen molar-refractivity contribution < 1.29 is 4.79 Å². The van der Waals surface area contributed by atoms with Crippen molar-refractivity contribution in [1.82, 2.24) is 20.1 Å². The molecule has 5 nitrogen and oxygen atoms in total. The third kappa shape index (κ3) is 4.72. The quantitative estimate of drug-likeness (QED) is 0.733. The molecule has 1 aromatic carbocycles. The Labute approximate surface area is 165 Å². The molecule has 1 aromatic heterocycles. The SMILES string of the molecule is C[C@@H]1CCCC[C@@H]1NC(=O)CSc1nnc(C2CC2)n1Cc1ccccc1. The summed E-state index contributed by atoms with van der Waals surface area (Å²) in [7, 11) is 0. The number of nitrogens with one attached hydrogen (secondary N) is 1. The van der Waals surface area contributed by atoms with Crippen LogP contribution in [0.4, 0.5) is 0 Å². The van der Waals surface area contributed by atoms with Crippen molar-refractivity contribution in [2.75, 3.05) is 5.75 Å². The van der Waals surface area contributed by atoms with Gasteiger partial charge in [-0.15, -0.1) is 10.2 Å². The standard InChI is InChI=1S/C21H28N4OS/c1-15-7-5-6-10-18(15)22-19(26)14-27-21-24-23-20(17-11-12-17)25(21)13-16-8-3-2-4-9-16/h2-4,8-9,15,17-18H,5-7,10-14H2,1H3,(H,22,26)/t15-,18+/m1/s1. The second-order valence-electron chi connectivity index (χ2n) is 7.91. The summed E-state index contributed by atoms with van der Waals surface area (Å²) in [6.07, 6.45) is 7.21. The molecule has 0 radical (unpaired) electrons. The Morgan fingerprint density at radius 2 is 1.93 bits per heavy atom. The fraction of sp³-hybridized carbons (Fsp3) is 0.571. The van der Waals surface area contributed by atoms with Crippen LogP contribution in [0.5, 0.6) is 0 Å². The van der Waals surface area contributed by atoms with Gasteiger partial charge in [0.05, 0.1) is 12.3 Å². The van der Waals surface area contributed by atoms with Gasteiger partial charge in [-0.2, -0.15) is 0 Å². The van der Waals surface area contributed by atoms with Gasteiger partial charge in [-0.3, -0.25) is 4.79 Å². The van der Waals surface area contributed by atoms with Crippen LogP contribution in [0.1, 0.15) is 62.8 Å². The molecule has 144 valence electrons. The van der Waals surface area contributed by atoms with Crippen LogP contribution < -0.4 is 5.32 Å². The van der Waals surface area contributed by atoms with Gasteiger partial charge in [0, 0.05) is 12.0 Å². The number of thioether (sulfide) groups is 1. The average Bonchev–Trinajstić information content (AvgIpc) is 3.45. The Hall–Kier alpha value is -1.82. The van der Waals surface area contributed by atoms with E-state index in [1.807, 2.05) is 6.07 Å². The van der Waals surface area contributed by atoms with Crippen molar-refractivity contribution in [2.45, 2.75) is 69.1 Å². The maximum Gasteiger partial charge on any atom is 0.230 e. The maximum atomic E-state index is 12.5. The summed E-state index contributed by atoms with van der Waals surface area (Å²) in [4.78, 5) is 12.5. The third-order valence-electron chi connectivity index (χ3n) is 5.66. The van der Waals surface area contributed by atoms with Crippen LogP contribution in [0.25, 0.3) is 0 Å². The Balaban J connectivity index is 1.40. The molecule has 4 rings (SSSR count). The molecule has 2 atom stereocenters. The third-order valence-corrected chi connectivity index (χ3v) is 6.63. The summed E-state index contributed by atoms with van der Waals surface area (Å²) in [5, 5.41) is 12.9. The molecule has 0 spiro atoms. The first-order valence-electron chi connectivity index (χ1n) is 10.1. The van der Waals surface area contributed by atoms with Gasteiger partial charge in [-0.1, -0.05) is 61.9 Å². The van der Waals surface area contributed by atoms with Gasteiger partial charge in [0.15, 0.2) is 5.16 Å². The summed E-state index contributed by atoms with van der Waals surface area (Å²) in [6.45, 7) is 3.01. The van der Waals surface area contributed by atoms with E-state index in [-0.39, 0.29) is 5.91 Å². The van der Waals surface area contributed by atoms with E-state index >= 15 is 0 Å². The van der Waals surface area contributed by atoms with Crippen LogP contribution in [0, 0.1) is 5.92 Å². The molecule has 1 N–H and O–H groups in total. The van der Waals surface area contributed by atoms with Crippen molar-refractivity contribution in [1.29, 1.82) is 0 Å². The number of rotatable bonds is 7. The molecule has 2 fully saturated rings. The van der Waals surface area contributed by atoms with Crippen molar-refractivity contribution in [3.05, 3.63) is 41.7 Å². The number of hydrogen-bond donors (Lipinski definition) is 1. The molecular weight excluding hydrogens is 356 g/mol. The molecule has 2 aliphatic rings. The normalized spacial score (nSPS) is 22.6. The molecule has 0 aliphatic heterocycles. The monoisotopic (exact) mass is 384 g/mol. The minimum atomic E-state index is 0.112. The van der Waals surface area contributed by atoms with Crippen molar-refractivity contribution >= 4 is 17.7 Å². The highest BCUT2D eigenvalue weighted by molar-refractivity contribution is 7.99. The molecule has 0 saturated heterocycles. The maximum absolute atomic E-state index is 12.5. The minimum Gasteiger partial charge on any atom is -0.352 e. The number of carbonyl (C=O) groups excluding carboxylic acids is 1. The number of amides is 1. The molecule has 2 aromatic rings. The van der Waals surface area contributed by atoms with Gasteiger partial charge in [-0.05, 0) is 37.2 Å². The van der Waals surface area contributed by atoms with Crippen LogP contribution in [0.3, 0.4) is 0 Å². The van der Waals surface area contributed by atoms with Gasteiger partial charge >= 0.3 is 0 Å². The first-order valence-corrected chi connectivity index (χ1v) is 11.1. The second-order valence-corrected chi connectivity index (χ2v) is 8.85. The van der Waals surface area contributed by atoms with Crippen molar-refractivity contribution in [3.8, 4) is 0 Å². The molecule has 2 saturated carbocycles. The summed E-state index contributed by atoms with van der Waals surface area (Å²) in [5.74, 6) is 2.70. The number of carbonyl (C=O) groups is 1. The van der Waals surface area contributed by atoms with Crippen molar-refractivity contribution in [2.24, 2.45) is 5.92 Å². The zero-order chi connectivity index (χ0) is 18.6. The van der Waals surface area contributed by atoms with E-state index in [2.05, 4.69) is 51.3 Å². The molecule has 6 heteroatoms. The first-order chi connectivity index (χ1) is 13.2. The lowest BCUT2D eigenvalue weighted by Crippen LogP contribution is -2.41. The molecule has 2 aliphatic carbocycles. The van der Waals surface area contributed by atoms with Gasteiger partial charge in [0.25, 0.3) is 0 Å². The van der Waals surface area contributed by atoms with Gasteiger partial charge in [-0.25, -0.2) is 0 Å². The summed E-state index contributed by atoms with van der Waals surface area (Å²) >= 11 is 1.51. The predicted molar refractivity (Wildman–Crippen MR) is 108 cm³/mol. The van der Waals surface area contributed by atoms with Crippen LogP contribution in [0.15, 0.2) is 35.5 Å². The highest BCUT2D eigenvalue weighted by atomic mass is 32.2. The lowest BCUT2D eigenvalue weighted by molar-refractivity contribution is -0.119. The van der Waals surface area contributed by atoms with E-state index in [1.165, 1.54) is 49.4 Å². The number of benzene rings is 1. The smallest absolute Gasteiger partial charge is 0.230 e. The molecule has 1 heterocycles. The number of aromatic nitrogens is 3. The largest absolute Gasteiger partial charge is 0.352 e. The molecular formula is C21H28N4OS. The number of hydrogen-bond acceptors (Lipinski definition) is 4. The highest BCUT2D eigenvalue weighted by Crippen LogP contribution is 2.40. The average molecular weight is 385 g/mol. The fourth-order valence-corrected chi connectivity index (χ4v) is 4.63. The first kappa shape index (κ1) is 18.5. The van der Waals surface area contributed by atoms with Crippen LogP contribution in [-0.2, 0) is 11.3 Å². The second kappa shape index (κ2) is 8.46.